The molecule has 22 heavy (non-hydrogen) atoms. The highest BCUT2D eigenvalue weighted by Gasteiger charge is 2.20. The minimum Gasteiger partial charge on any atom is -0.465 e. The minimum atomic E-state index is -0.414. The zero-order valence-corrected chi connectivity index (χ0v) is 13.5. The van der Waals surface area contributed by atoms with Gasteiger partial charge in [0.1, 0.15) is 0 Å². The van der Waals surface area contributed by atoms with Crippen LogP contribution in [0.2, 0.25) is 0 Å². The number of amides is 1. The van der Waals surface area contributed by atoms with E-state index >= 15 is 0 Å². The lowest BCUT2D eigenvalue weighted by Gasteiger charge is -2.23. The van der Waals surface area contributed by atoms with Crippen LogP contribution in [0.1, 0.15) is 55.3 Å². The van der Waals surface area contributed by atoms with E-state index in [0.29, 0.717) is 23.6 Å². The molecule has 0 spiro atoms. The standard InChI is InChI=1S/C18H25NO3/c1-19(16-11-7-6-10-15(16)18(21)22-2)17(20)13-12-14-8-4-3-5-9-14/h6-7,10-11,14H,3-5,8-9,12-13H2,1-2H3. The van der Waals surface area contributed by atoms with Crippen molar-refractivity contribution in [3.8, 4) is 0 Å². The van der Waals surface area contributed by atoms with E-state index in [1.807, 2.05) is 6.07 Å². The predicted molar refractivity (Wildman–Crippen MR) is 87.0 cm³/mol. The van der Waals surface area contributed by atoms with Gasteiger partial charge in [0.25, 0.3) is 0 Å². The van der Waals surface area contributed by atoms with E-state index < -0.39 is 5.97 Å². The molecule has 0 radical (unpaired) electrons. The van der Waals surface area contributed by atoms with E-state index in [9.17, 15) is 9.59 Å². The molecule has 0 N–H and O–H groups in total. The molecule has 0 saturated heterocycles. The Morgan fingerprint density at radius 2 is 1.86 bits per heavy atom. The van der Waals surface area contributed by atoms with E-state index in [4.69, 9.17) is 4.74 Å². The summed E-state index contributed by atoms with van der Waals surface area (Å²) in [5.74, 6) is 0.325. The van der Waals surface area contributed by atoms with Crippen molar-refractivity contribution in [3.05, 3.63) is 29.8 Å². The lowest BCUT2D eigenvalue weighted by molar-refractivity contribution is -0.118. The first kappa shape index (κ1) is 16.5. The van der Waals surface area contributed by atoms with Gasteiger partial charge in [-0.25, -0.2) is 4.79 Å². The van der Waals surface area contributed by atoms with Gasteiger partial charge < -0.3 is 9.64 Å². The summed E-state index contributed by atoms with van der Waals surface area (Å²) < 4.78 is 4.79. The fourth-order valence-electron chi connectivity index (χ4n) is 3.15. The molecule has 0 atom stereocenters. The molecule has 1 aliphatic rings. The average molecular weight is 303 g/mol. The highest BCUT2D eigenvalue weighted by molar-refractivity contribution is 6.02. The van der Waals surface area contributed by atoms with E-state index in [2.05, 4.69) is 0 Å². The number of benzene rings is 1. The highest BCUT2D eigenvalue weighted by atomic mass is 16.5. The van der Waals surface area contributed by atoms with Crippen molar-refractivity contribution in [2.24, 2.45) is 5.92 Å². The van der Waals surface area contributed by atoms with Crippen LogP contribution >= 0.6 is 0 Å². The Hall–Kier alpha value is -1.84. The number of nitrogens with zero attached hydrogens (tertiary/aromatic N) is 1. The Kier molecular flexibility index (Phi) is 5.99. The molecule has 1 aliphatic carbocycles. The van der Waals surface area contributed by atoms with Gasteiger partial charge in [-0.15, -0.1) is 0 Å². The van der Waals surface area contributed by atoms with Gasteiger partial charge in [0.2, 0.25) is 5.91 Å². The summed E-state index contributed by atoms with van der Waals surface area (Å²) >= 11 is 0. The minimum absolute atomic E-state index is 0.0573. The molecule has 1 fully saturated rings. The van der Waals surface area contributed by atoms with Crippen LogP contribution in [-0.2, 0) is 9.53 Å². The first-order valence-corrected chi connectivity index (χ1v) is 8.07. The Morgan fingerprint density at radius 3 is 2.55 bits per heavy atom. The van der Waals surface area contributed by atoms with Crippen LogP contribution in [0.4, 0.5) is 5.69 Å². The smallest absolute Gasteiger partial charge is 0.339 e. The van der Waals surface area contributed by atoms with Gasteiger partial charge in [0.05, 0.1) is 18.4 Å². The fraction of sp³-hybridized carbons (Fsp3) is 0.556. The molecular weight excluding hydrogens is 278 g/mol. The summed E-state index contributed by atoms with van der Waals surface area (Å²) in [4.78, 5) is 25.8. The Morgan fingerprint density at radius 1 is 1.18 bits per heavy atom. The summed E-state index contributed by atoms with van der Waals surface area (Å²) in [6.07, 6.45) is 7.89. The van der Waals surface area contributed by atoms with Gasteiger partial charge in [0, 0.05) is 13.5 Å². The van der Waals surface area contributed by atoms with Crippen LogP contribution in [-0.4, -0.2) is 26.0 Å². The second-order valence-corrected chi connectivity index (χ2v) is 6.00. The molecule has 1 saturated carbocycles. The maximum Gasteiger partial charge on any atom is 0.339 e. The molecule has 0 bridgehead atoms. The number of methoxy groups -OCH3 is 1. The maximum absolute atomic E-state index is 12.4. The number of carbonyl (C=O) groups excluding carboxylic acids is 2. The monoisotopic (exact) mass is 303 g/mol. The Balaban J connectivity index is 1.99. The van der Waals surface area contributed by atoms with Gasteiger partial charge in [-0.1, -0.05) is 44.2 Å². The number of rotatable bonds is 5. The largest absolute Gasteiger partial charge is 0.465 e. The van der Waals surface area contributed by atoms with E-state index in [-0.39, 0.29) is 5.91 Å². The third-order valence-corrected chi connectivity index (χ3v) is 4.54. The quantitative estimate of drug-likeness (QED) is 0.777. The highest BCUT2D eigenvalue weighted by Crippen LogP contribution is 2.28. The van der Waals surface area contributed by atoms with Crippen LogP contribution < -0.4 is 4.90 Å². The summed E-state index contributed by atoms with van der Waals surface area (Å²) in [5.41, 5.74) is 1.04. The van der Waals surface area contributed by atoms with Crippen LogP contribution in [0, 0.1) is 5.92 Å². The van der Waals surface area contributed by atoms with Crippen LogP contribution in [0.5, 0.6) is 0 Å². The molecular formula is C18H25NO3. The van der Waals surface area contributed by atoms with Crippen molar-refractivity contribution in [3.63, 3.8) is 0 Å². The molecule has 2 rings (SSSR count). The normalized spacial score (nSPS) is 15.4. The molecule has 1 amide bonds. The first-order valence-electron chi connectivity index (χ1n) is 8.07. The van der Waals surface area contributed by atoms with Gasteiger partial charge in [-0.3, -0.25) is 4.79 Å². The number of anilines is 1. The topological polar surface area (TPSA) is 46.6 Å². The van der Waals surface area contributed by atoms with Crippen LogP contribution in [0.25, 0.3) is 0 Å². The van der Waals surface area contributed by atoms with Crippen molar-refractivity contribution >= 4 is 17.6 Å². The number of para-hydroxylation sites is 1. The van der Waals surface area contributed by atoms with Crippen LogP contribution in [0.3, 0.4) is 0 Å². The Labute approximate surface area is 132 Å². The van der Waals surface area contributed by atoms with Crippen molar-refractivity contribution in [1.82, 2.24) is 0 Å². The van der Waals surface area contributed by atoms with Crippen molar-refractivity contribution in [2.45, 2.75) is 44.9 Å². The summed E-state index contributed by atoms with van der Waals surface area (Å²) in [6, 6.07) is 7.07. The van der Waals surface area contributed by atoms with E-state index in [1.54, 1.807) is 30.1 Å². The van der Waals surface area contributed by atoms with Crippen LogP contribution in [0.15, 0.2) is 24.3 Å². The molecule has 0 unspecified atom stereocenters. The maximum atomic E-state index is 12.4. The SMILES string of the molecule is COC(=O)c1ccccc1N(C)C(=O)CCC1CCCCC1. The van der Waals surface area contributed by atoms with Gasteiger partial charge in [0.15, 0.2) is 0 Å². The van der Waals surface area contributed by atoms with Crippen molar-refractivity contribution in [1.29, 1.82) is 0 Å². The van der Waals surface area contributed by atoms with E-state index in [1.165, 1.54) is 39.2 Å². The van der Waals surface area contributed by atoms with Crippen molar-refractivity contribution < 1.29 is 14.3 Å². The van der Waals surface area contributed by atoms with E-state index in [0.717, 1.165) is 6.42 Å². The summed E-state index contributed by atoms with van der Waals surface area (Å²) in [6.45, 7) is 0. The second kappa shape index (κ2) is 7.97. The molecule has 120 valence electrons. The van der Waals surface area contributed by atoms with Gasteiger partial charge in [-0.05, 0) is 24.5 Å². The second-order valence-electron chi connectivity index (χ2n) is 6.00. The van der Waals surface area contributed by atoms with Gasteiger partial charge in [-0.2, -0.15) is 0 Å². The number of ether oxygens (including phenoxy) is 1. The third kappa shape index (κ3) is 4.09. The summed E-state index contributed by atoms with van der Waals surface area (Å²) in [5, 5.41) is 0. The zero-order chi connectivity index (χ0) is 15.9. The van der Waals surface area contributed by atoms with Crippen molar-refractivity contribution in [2.75, 3.05) is 19.1 Å². The third-order valence-electron chi connectivity index (χ3n) is 4.54. The molecule has 4 nitrogen and oxygen atoms in total. The molecule has 1 aromatic carbocycles. The Bertz CT molecular complexity index is 521. The lowest BCUT2D eigenvalue weighted by atomic mass is 9.86. The molecule has 0 heterocycles. The zero-order valence-electron chi connectivity index (χ0n) is 13.5. The molecule has 0 aromatic heterocycles. The average Bonchev–Trinajstić information content (AvgIpc) is 2.59. The predicted octanol–water partition coefficient (Wildman–Crippen LogP) is 3.80. The lowest BCUT2D eigenvalue weighted by Crippen LogP contribution is -2.28. The fourth-order valence-corrected chi connectivity index (χ4v) is 3.15. The van der Waals surface area contributed by atoms with Gasteiger partial charge >= 0.3 is 5.97 Å². The summed E-state index contributed by atoms with van der Waals surface area (Å²) in [7, 11) is 3.08. The number of hydrogen-bond acceptors (Lipinski definition) is 3. The number of hydrogen-bond donors (Lipinski definition) is 0. The molecule has 4 heteroatoms. The molecule has 0 aliphatic heterocycles. The number of carbonyl (C=O) groups is 2. The molecule has 1 aromatic rings. The number of esters is 1. The first-order chi connectivity index (χ1) is 10.6.